The Morgan fingerprint density at radius 3 is 2.79 bits per heavy atom. The van der Waals surface area contributed by atoms with Crippen LogP contribution in [-0.4, -0.2) is 19.1 Å². The molecule has 0 amide bonds. The van der Waals surface area contributed by atoms with Crippen molar-refractivity contribution >= 4 is 28.1 Å². The molecule has 1 unspecified atom stereocenters. The van der Waals surface area contributed by atoms with Gasteiger partial charge in [0, 0.05) is 23.7 Å². The maximum Gasteiger partial charge on any atom is 0.183 e. The fourth-order valence-electron chi connectivity index (χ4n) is 1.81. The highest BCUT2D eigenvalue weighted by molar-refractivity contribution is 7.16. The number of halogens is 1. The molecule has 0 spiro atoms. The zero-order valence-electron chi connectivity index (χ0n) is 11.0. The van der Waals surface area contributed by atoms with Crippen LogP contribution in [-0.2, 0) is 0 Å². The van der Waals surface area contributed by atoms with Crippen molar-refractivity contribution < 1.29 is 4.74 Å². The van der Waals surface area contributed by atoms with Gasteiger partial charge < -0.3 is 15.8 Å². The van der Waals surface area contributed by atoms with E-state index in [1.807, 2.05) is 26.1 Å². The van der Waals surface area contributed by atoms with E-state index in [0.717, 1.165) is 27.0 Å². The van der Waals surface area contributed by atoms with Gasteiger partial charge in [0.2, 0.25) is 0 Å². The third kappa shape index (κ3) is 2.83. The molecule has 102 valence electrons. The standard InChI is InChI=1S/C13H16ClN3OS/c1-7(15)12-11(17-13(16-2)19-12)9-6-8(14)4-5-10(9)18-3/h4-7H,15H2,1-3H3,(H,16,17). The monoisotopic (exact) mass is 297 g/mol. The molecule has 0 saturated carbocycles. The van der Waals surface area contributed by atoms with E-state index in [-0.39, 0.29) is 6.04 Å². The smallest absolute Gasteiger partial charge is 0.183 e. The van der Waals surface area contributed by atoms with E-state index in [2.05, 4.69) is 10.3 Å². The molecule has 19 heavy (non-hydrogen) atoms. The molecule has 0 aliphatic heterocycles. The van der Waals surface area contributed by atoms with Crippen LogP contribution in [0.2, 0.25) is 5.02 Å². The number of aromatic nitrogens is 1. The lowest BCUT2D eigenvalue weighted by Crippen LogP contribution is -2.04. The van der Waals surface area contributed by atoms with Crippen molar-refractivity contribution in [2.45, 2.75) is 13.0 Å². The highest BCUT2D eigenvalue weighted by Crippen LogP contribution is 2.39. The number of nitrogens with zero attached hydrogens (tertiary/aromatic N) is 1. The first-order chi connectivity index (χ1) is 9.06. The quantitative estimate of drug-likeness (QED) is 0.906. The lowest BCUT2D eigenvalue weighted by Gasteiger charge is -2.10. The molecular weight excluding hydrogens is 282 g/mol. The number of methoxy groups -OCH3 is 1. The number of nitrogens with two attached hydrogens (primary N) is 1. The second kappa shape index (κ2) is 5.77. The van der Waals surface area contributed by atoms with E-state index in [1.165, 1.54) is 0 Å². The summed E-state index contributed by atoms with van der Waals surface area (Å²) in [6.07, 6.45) is 0. The molecular formula is C13H16ClN3OS. The van der Waals surface area contributed by atoms with Gasteiger partial charge in [-0.3, -0.25) is 0 Å². The van der Waals surface area contributed by atoms with Crippen molar-refractivity contribution in [2.75, 3.05) is 19.5 Å². The highest BCUT2D eigenvalue weighted by Gasteiger charge is 2.19. The Kier molecular flexibility index (Phi) is 4.29. The summed E-state index contributed by atoms with van der Waals surface area (Å²) < 4.78 is 5.38. The molecule has 0 aliphatic carbocycles. The number of benzene rings is 1. The van der Waals surface area contributed by atoms with Crippen molar-refractivity contribution in [3.63, 3.8) is 0 Å². The zero-order chi connectivity index (χ0) is 14.0. The summed E-state index contributed by atoms with van der Waals surface area (Å²) in [6, 6.07) is 5.38. The summed E-state index contributed by atoms with van der Waals surface area (Å²) in [4.78, 5) is 5.56. The van der Waals surface area contributed by atoms with Gasteiger partial charge in [-0.05, 0) is 25.1 Å². The number of ether oxygens (including phenoxy) is 1. The summed E-state index contributed by atoms with van der Waals surface area (Å²) in [5.74, 6) is 0.735. The van der Waals surface area contributed by atoms with Gasteiger partial charge >= 0.3 is 0 Å². The Morgan fingerprint density at radius 1 is 1.47 bits per heavy atom. The Labute approximate surface area is 121 Å². The Bertz CT molecular complexity index is 583. The summed E-state index contributed by atoms with van der Waals surface area (Å²) in [7, 11) is 3.46. The van der Waals surface area contributed by atoms with Gasteiger partial charge in [0.15, 0.2) is 5.13 Å². The van der Waals surface area contributed by atoms with E-state index < -0.39 is 0 Å². The molecule has 0 aliphatic rings. The lowest BCUT2D eigenvalue weighted by atomic mass is 10.1. The predicted molar refractivity (Wildman–Crippen MR) is 81.3 cm³/mol. The van der Waals surface area contributed by atoms with E-state index in [0.29, 0.717) is 5.02 Å². The van der Waals surface area contributed by atoms with Crippen LogP contribution in [0.3, 0.4) is 0 Å². The molecule has 6 heteroatoms. The van der Waals surface area contributed by atoms with Crippen LogP contribution in [0.25, 0.3) is 11.3 Å². The van der Waals surface area contributed by atoms with Crippen molar-refractivity contribution in [3.05, 3.63) is 28.1 Å². The molecule has 1 aromatic carbocycles. The first-order valence-corrected chi connectivity index (χ1v) is 7.04. The van der Waals surface area contributed by atoms with Gasteiger partial charge in [-0.2, -0.15) is 0 Å². The summed E-state index contributed by atoms with van der Waals surface area (Å²) in [5, 5.41) is 4.51. The molecule has 0 bridgehead atoms. The van der Waals surface area contributed by atoms with E-state index in [9.17, 15) is 0 Å². The van der Waals surface area contributed by atoms with Crippen molar-refractivity contribution in [1.82, 2.24) is 4.98 Å². The first kappa shape index (κ1) is 14.1. The average Bonchev–Trinajstić information content (AvgIpc) is 2.83. The van der Waals surface area contributed by atoms with Crippen LogP contribution in [0.5, 0.6) is 5.75 Å². The SMILES string of the molecule is CNc1nc(-c2cc(Cl)ccc2OC)c(C(C)N)s1. The molecule has 1 atom stereocenters. The van der Waals surface area contributed by atoms with Crippen LogP contribution >= 0.6 is 22.9 Å². The number of hydrogen-bond acceptors (Lipinski definition) is 5. The third-order valence-corrected chi connectivity index (χ3v) is 4.21. The lowest BCUT2D eigenvalue weighted by molar-refractivity contribution is 0.416. The zero-order valence-corrected chi connectivity index (χ0v) is 12.6. The van der Waals surface area contributed by atoms with Crippen molar-refractivity contribution in [1.29, 1.82) is 0 Å². The minimum atomic E-state index is -0.0988. The topological polar surface area (TPSA) is 60.2 Å². The summed E-state index contributed by atoms with van der Waals surface area (Å²) >= 11 is 7.61. The molecule has 0 fully saturated rings. The molecule has 1 heterocycles. The van der Waals surface area contributed by atoms with Gasteiger partial charge in [0.05, 0.1) is 17.7 Å². The number of rotatable bonds is 4. The molecule has 0 saturated heterocycles. The van der Waals surface area contributed by atoms with Crippen molar-refractivity contribution in [2.24, 2.45) is 5.73 Å². The summed E-state index contributed by atoms with van der Waals surface area (Å²) in [6.45, 7) is 1.94. The highest BCUT2D eigenvalue weighted by atomic mass is 35.5. The fraction of sp³-hybridized carbons (Fsp3) is 0.308. The number of nitrogens with one attached hydrogen (secondary N) is 1. The van der Waals surface area contributed by atoms with Gasteiger partial charge in [-0.25, -0.2) is 4.98 Å². The van der Waals surface area contributed by atoms with Crippen LogP contribution in [0.4, 0.5) is 5.13 Å². The molecule has 1 aromatic heterocycles. The minimum absolute atomic E-state index is 0.0988. The largest absolute Gasteiger partial charge is 0.496 e. The second-order valence-corrected chi connectivity index (χ2v) is 5.58. The summed E-state index contributed by atoms with van der Waals surface area (Å²) in [5.41, 5.74) is 7.70. The predicted octanol–water partition coefficient (Wildman–Crippen LogP) is 3.53. The number of anilines is 1. The van der Waals surface area contributed by atoms with Crippen LogP contribution in [0.15, 0.2) is 18.2 Å². The maximum absolute atomic E-state index is 6.07. The van der Waals surface area contributed by atoms with E-state index in [4.69, 9.17) is 22.1 Å². The average molecular weight is 298 g/mol. The Hall–Kier alpha value is -1.30. The maximum atomic E-state index is 6.07. The number of thiazole rings is 1. The first-order valence-electron chi connectivity index (χ1n) is 5.84. The third-order valence-electron chi connectivity index (χ3n) is 2.70. The van der Waals surface area contributed by atoms with Gasteiger partial charge in [0.25, 0.3) is 0 Å². The molecule has 2 aromatic rings. The minimum Gasteiger partial charge on any atom is -0.496 e. The van der Waals surface area contributed by atoms with Gasteiger partial charge in [0.1, 0.15) is 5.75 Å². The van der Waals surface area contributed by atoms with Crippen LogP contribution in [0, 0.1) is 0 Å². The van der Waals surface area contributed by atoms with Crippen LogP contribution in [0.1, 0.15) is 17.8 Å². The molecule has 4 nitrogen and oxygen atoms in total. The van der Waals surface area contributed by atoms with Crippen LogP contribution < -0.4 is 15.8 Å². The Balaban J connectivity index is 2.63. The van der Waals surface area contributed by atoms with Gasteiger partial charge in [-0.1, -0.05) is 22.9 Å². The van der Waals surface area contributed by atoms with E-state index in [1.54, 1.807) is 24.5 Å². The Morgan fingerprint density at radius 2 is 2.21 bits per heavy atom. The number of hydrogen-bond donors (Lipinski definition) is 2. The molecule has 0 radical (unpaired) electrons. The second-order valence-electron chi connectivity index (χ2n) is 4.12. The molecule has 2 rings (SSSR count). The van der Waals surface area contributed by atoms with Crippen molar-refractivity contribution in [3.8, 4) is 17.0 Å². The van der Waals surface area contributed by atoms with E-state index >= 15 is 0 Å². The molecule has 3 N–H and O–H groups in total. The fourth-order valence-corrected chi connectivity index (χ4v) is 2.86. The normalized spacial score (nSPS) is 12.3. The van der Waals surface area contributed by atoms with Gasteiger partial charge in [-0.15, -0.1) is 0 Å².